The maximum Gasteiger partial charge on any atom is 6.00 e. The molecule has 0 spiro atoms. The third-order valence-corrected chi connectivity index (χ3v) is 4.40. The Morgan fingerprint density at radius 2 is 0.839 bits per heavy atom. The molecule has 0 fully saturated rings. The summed E-state index contributed by atoms with van der Waals surface area (Å²) < 4.78 is 0. The average Bonchev–Trinajstić information content (AvgIpc) is 2.69. The Morgan fingerprint density at radius 1 is 0.613 bits per heavy atom. The maximum absolute atomic E-state index is 7.75. The summed E-state index contributed by atoms with van der Waals surface area (Å²) in [6.45, 7) is 32.3. The smallest absolute Gasteiger partial charge is 0.676 e. The predicted molar refractivity (Wildman–Crippen MR) is 134 cm³/mol. The molecular weight excluding hydrogens is 477 g/mol. The molecule has 0 amide bonds. The van der Waals surface area contributed by atoms with Crippen molar-refractivity contribution in [3.8, 4) is 0 Å². The molecule has 186 valence electrons. The van der Waals surface area contributed by atoms with Crippen LogP contribution in [0.1, 0.15) is 109 Å². The molecule has 0 radical (unpaired) electrons. The Kier molecular flexibility index (Phi) is 32.4. The molecule has 0 aromatic rings. The largest absolute Gasteiger partial charge is 6.00 e. The van der Waals surface area contributed by atoms with Gasteiger partial charge < -0.3 is 30.9 Å². The van der Waals surface area contributed by atoms with Gasteiger partial charge in [0.05, 0.1) is 0 Å². The van der Waals surface area contributed by atoms with E-state index in [2.05, 4.69) is 107 Å². The Morgan fingerprint density at radius 3 is 0.968 bits per heavy atom. The molecular formula is C24H50N4O2Ru. The summed E-state index contributed by atoms with van der Waals surface area (Å²) in [6.07, 6.45) is 4.57. The minimum Gasteiger partial charge on any atom is -0.676 e. The van der Waals surface area contributed by atoms with Crippen LogP contribution in [0.4, 0.5) is 0 Å². The van der Waals surface area contributed by atoms with Crippen molar-refractivity contribution in [2.24, 2.45) is 0 Å². The standard InChI is InChI=1S/2C11H24N2.2CHO.Ru/c2*1-7-10(12-9(3)4)13-11(5,6)8-2;2*1-2;/h2*9-10H,7-8H2,1-6H3;2*1H;/q2*-2;2*-1;+6. The van der Waals surface area contributed by atoms with Crippen LogP contribution < -0.4 is 0 Å². The van der Waals surface area contributed by atoms with Crippen LogP contribution >= 0.6 is 0 Å². The van der Waals surface area contributed by atoms with Crippen LogP contribution in [0.2, 0.25) is 0 Å². The molecule has 2 unspecified atom stereocenters. The Bertz CT molecular complexity index is 333. The van der Waals surface area contributed by atoms with E-state index >= 15 is 0 Å². The van der Waals surface area contributed by atoms with Gasteiger partial charge in [0.1, 0.15) is 0 Å². The molecule has 0 bridgehead atoms. The molecule has 0 aromatic carbocycles. The summed E-state index contributed by atoms with van der Waals surface area (Å²) in [5, 5.41) is 18.6. The van der Waals surface area contributed by atoms with E-state index < -0.39 is 0 Å². The molecule has 6 nitrogen and oxygen atoms in total. The van der Waals surface area contributed by atoms with Crippen molar-refractivity contribution in [3.63, 3.8) is 0 Å². The van der Waals surface area contributed by atoms with Crippen LogP contribution in [0, 0.1) is 0 Å². The van der Waals surface area contributed by atoms with E-state index in [0.29, 0.717) is 12.1 Å². The molecule has 0 aliphatic rings. The topological polar surface area (TPSA) is 90.5 Å². The zero-order chi connectivity index (χ0) is 25.0. The van der Waals surface area contributed by atoms with E-state index in [-0.39, 0.29) is 42.9 Å². The minimum atomic E-state index is 0. The van der Waals surface area contributed by atoms with Crippen LogP contribution in [-0.2, 0) is 29.1 Å². The maximum atomic E-state index is 7.75. The first-order valence-corrected chi connectivity index (χ1v) is 11.1. The van der Waals surface area contributed by atoms with Crippen molar-refractivity contribution in [2.45, 2.75) is 144 Å². The van der Waals surface area contributed by atoms with E-state index in [1.807, 2.05) is 0 Å². The van der Waals surface area contributed by atoms with Crippen molar-refractivity contribution in [2.75, 3.05) is 0 Å². The number of rotatable bonds is 12. The van der Waals surface area contributed by atoms with Crippen LogP contribution in [0.15, 0.2) is 0 Å². The Balaban J connectivity index is -0.000000122. The van der Waals surface area contributed by atoms with Gasteiger partial charge in [0.25, 0.3) is 0 Å². The van der Waals surface area contributed by atoms with Crippen LogP contribution in [0.5, 0.6) is 0 Å². The van der Waals surface area contributed by atoms with Gasteiger partial charge in [0, 0.05) is 0 Å². The quantitative estimate of drug-likeness (QED) is 0.149. The molecule has 31 heavy (non-hydrogen) atoms. The summed E-state index contributed by atoms with van der Waals surface area (Å²) in [7, 11) is 0. The summed E-state index contributed by atoms with van der Waals surface area (Å²) >= 11 is 0. The molecule has 0 aliphatic carbocycles. The first-order valence-electron chi connectivity index (χ1n) is 11.1. The predicted octanol–water partition coefficient (Wildman–Crippen LogP) is 7.58. The second kappa shape index (κ2) is 24.4. The number of carbonyl (C=O) groups excluding carboxylic acids is 2. The Labute approximate surface area is 208 Å². The van der Waals surface area contributed by atoms with Gasteiger partial charge in [-0.15, -0.1) is 23.2 Å². The van der Waals surface area contributed by atoms with Gasteiger partial charge in [-0.1, -0.05) is 109 Å². The normalized spacial score (nSPS) is 12.8. The molecule has 7 heteroatoms. The molecule has 0 saturated heterocycles. The van der Waals surface area contributed by atoms with Gasteiger partial charge in [-0.3, -0.25) is 13.6 Å². The second-order valence-electron chi connectivity index (χ2n) is 8.85. The van der Waals surface area contributed by atoms with Gasteiger partial charge in [-0.05, 0) is 0 Å². The fraction of sp³-hybridized carbons (Fsp3) is 0.917. The van der Waals surface area contributed by atoms with Crippen LogP contribution in [0.3, 0.4) is 0 Å². The summed E-state index contributed by atoms with van der Waals surface area (Å²) in [5.41, 5.74) is 0.165. The van der Waals surface area contributed by atoms with E-state index in [9.17, 15) is 0 Å². The van der Waals surface area contributed by atoms with Gasteiger partial charge in [-0.2, -0.15) is 0 Å². The van der Waals surface area contributed by atoms with Crippen molar-refractivity contribution in [1.29, 1.82) is 0 Å². The first-order chi connectivity index (χ1) is 13.8. The SMILES string of the molecule is CCC([N-]C(C)C)[N-]C(C)(C)CC.CCC([N-]C(C)C)[N-]C(C)(C)CC.[CH-]=O.[CH-]=O.[Ru+6]. The van der Waals surface area contributed by atoms with Crippen molar-refractivity contribution in [3.05, 3.63) is 21.3 Å². The molecule has 0 heterocycles. The zero-order valence-electron chi connectivity index (χ0n) is 22.3. The second-order valence-corrected chi connectivity index (χ2v) is 8.85. The molecule has 0 N–H and O–H groups in total. The van der Waals surface area contributed by atoms with Crippen LogP contribution in [-0.4, -0.2) is 49.1 Å². The monoisotopic (exact) mass is 528 g/mol. The number of hydrogen-bond donors (Lipinski definition) is 0. The van der Waals surface area contributed by atoms with Crippen LogP contribution in [0.25, 0.3) is 21.3 Å². The third-order valence-electron chi connectivity index (χ3n) is 4.40. The number of nitrogens with zero attached hydrogens (tertiary/aromatic N) is 4. The molecule has 0 aromatic heterocycles. The van der Waals surface area contributed by atoms with Crippen molar-refractivity contribution >= 4 is 13.6 Å². The number of hydrogen-bond acceptors (Lipinski definition) is 2. The van der Waals surface area contributed by atoms with Gasteiger partial charge in [0.2, 0.25) is 0 Å². The molecule has 0 rings (SSSR count). The molecule has 2 atom stereocenters. The van der Waals surface area contributed by atoms with Gasteiger partial charge >= 0.3 is 19.5 Å². The fourth-order valence-electron chi connectivity index (χ4n) is 2.14. The molecule has 0 aliphatic heterocycles. The zero-order valence-corrected chi connectivity index (χ0v) is 24.0. The van der Waals surface area contributed by atoms with E-state index in [1.54, 1.807) is 0 Å². The summed E-state index contributed by atoms with van der Waals surface area (Å²) in [4.78, 5) is 15.5. The average molecular weight is 528 g/mol. The Hall–Kier alpha value is -0.197. The fourth-order valence-corrected chi connectivity index (χ4v) is 2.14. The van der Waals surface area contributed by atoms with Crippen molar-refractivity contribution in [1.82, 2.24) is 0 Å². The van der Waals surface area contributed by atoms with E-state index in [0.717, 1.165) is 25.7 Å². The van der Waals surface area contributed by atoms with Gasteiger partial charge in [0.15, 0.2) is 0 Å². The minimum absolute atomic E-state index is 0. The third kappa shape index (κ3) is 29.8. The van der Waals surface area contributed by atoms with E-state index in [4.69, 9.17) is 20.2 Å². The molecule has 0 saturated carbocycles. The summed E-state index contributed by atoms with van der Waals surface area (Å²) in [5.74, 6) is 0. The van der Waals surface area contributed by atoms with Gasteiger partial charge in [-0.25, -0.2) is 12.3 Å². The summed E-state index contributed by atoms with van der Waals surface area (Å²) in [6, 6.07) is 0.780. The van der Waals surface area contributed by atoms with Crippen molar-refractivity contribution < 1.29 is 29.1 Å². The van der Waals surface area contributed by atoms with E-state index in [1.165, 1.54) is 0 Å². The first kappa shape index (κ1) is 41.1.